The van der Waals surface area contributed by atoms with Gasteiger partial charge in [0.05, 0.1) is 6.61 Å². The minimum atomic E-state index is -0.216. The van der Waals surface area contributed by atoms with Crippen LogP contribution in [0.15, 0.2) is 30.3 Å². The molecule has 2 aromatic rings. The van der Waals surface area contributed by atoms with E-state index in [4.69, 9.17) is 4.74 Å². The first-order valence-electron chi connectivity index (χ1n) is 7.14. The summed E-state index contributed by atoms with van der Waals surface area (Å²) in [5, 5.41) is 3.17. The lowest BCUT2D eigenvalue weighted by atomic mass is 10.1. The van der Waals surface area contributed by atoms with Crippen LogP contribution in [0.2, 0.25) is 0 Å². The van der Waals surface area contributed by atoms with Crippen molar-refractivity contribution in [2.75, 3.05) is 18.5 Å². The van der Waals surface area contributed by atoms with E-state index in [0.29, 0.717) is 25.0 Å². The third-order valence-corrected chi connectivity index (χ3v) is 2.89. The second-order valence-electron chi connectivity index (χ2n) is 4.82. The fourth-order valence-corrected chi connectivity index (χ4v) is 1.87. The average Bonchev–Trinajstić information content (AvgIpc) is 2.47. The van der Waals surface area contributed by atoms with Crippen molar-refractivity contribution in [2.24, 2.45) is 0 Å². The first-order chi connectivity index (χ1) is 10.2. The molecule has 0 atom stereocenters. The summed E-state index contributed by atoms with van der Waals surface area (Å²) in [4.78, 5) is 8.64. The summed E-state index contributed by atoms with van der Waals surface area (Å²) in [7, 11) is 0. The number of benzene rings is 1. The van der Waals surface area contributed by atoms with Crippen LogP contribution in [-0.4, -0.2) is 23.1 Å². The summed E-state index contributed by atoms with van der Waals surface area (Å²) in [5.74, 6) is 0.934. The zero-order valence-corrected chi connectivity index (χ0v) is 12.4. The van der Waals surface area contributed by atoms with Gasteiger partial charge in [0.2, 0.25) is 11.8 Å². The SMILES string of the molecule is CCCOc1cc(C)nc(NCCc2ccc(F)cc2)n1. The van der Waals surface area contributed by atoms with Gasteiger partial charge in [-0.1, -0.05) is 19.1 Å². The number of nitrogens with zero attached hydrogens (tertiary/aromatic N) is 2. The van der Waals surface area contributed by atoms with E-state index in [0.717, 1.165) is 24.1 Å². The van der Waals surface area contributed by atoms with Gasteiger partial charge in [0.1, 0.15) is 5.82 Å². The predicted octanol–water partition coefficient (Wildman–Crippen LogP) is 3.37. The van der Waals surface area contributed by atoms with Crippen molar-refractivity contribution >= 4 is 5.95 Å². The molecule has 0 saturated heterocycles. The molecule has 0 radical (unpaired) electrons. The molecule has 0 fully saturated rings. The zero-order chi connectivity index (χ0) is 15.1. The van der Waals surface area contributed by atoms with Gasteiger partial charge in [-0.05, 0) is 37.5 Å². The van der Waals surface area contributed by atoms with Gasteiger partial charge in [-0.3, -0.25) is 0 Å². The molecule has 1 aromatic heterocycles. The summed E-state index contributed by atoms with van der Waals surface area (Å²) in [6.07, 6.45) is 1.72. The molecule has 0 spiro atoms. The van der Waals surface area contributed by atoms with Crippen LogP contribution >= 0.6 is 0 Å². The van der Waals surface area contributed by atoms with E-state index in [2.05, 4.69) is 22.2 Å². The lowest BCUT2D eigenvalue weighted by molar-refractivity contribution is 0.305. The fraction of sp³-hybridized carbons (Fsp3) is 0.375. The van der Waals surface area contributed by atoms with Gasteiger partial charge < -0.3 is 10.1 Å². The highest BCUT2D eigenvalue weighted by Gasteiger charge is 2.03. The van der Waals surface area contributed by atoms with Crippen LogP contribution in [0.1, 0.15) is 24.6 Å². The molecule has 0 aliphatic heterocycles. The molecule has 5 heteroatoms. The molecule has 0 saturated carbocycles. The smallest absolute Gasteiger partial charge is 0.226 e. The quantitative estimate of drug-likeness (QED) is 0.849. The van der Waals surface area contributed by atoms with Gasteiger partial charge in [-0.15, -0.1) is 0 Å². The molecule has 0 aliphatic carbocycles. The van der Waals surface area contributed by atoms with E-state index in [1.165, 1.54) is 12.1 Å². The van der Waals surface area contributed by atoms with Crippen LogP contribution < -0.4 is 10.1 Å². The van der Waals surface area contributed by atoms with Crippen LogP contribution in [0, 0.1) is 12.7 Å². The minimum Gasteiger partial charge on any atom is -0.478 e. The topological polar surface area (TPSA) is 47.0 Å². The van der Waals surface area contributed by atoms with E-state index in [1.807, 2.05) is 13.0 Å². The lowest BCUT2D eigenvalue weighted by Gasteiger charge is -2.09. The number of ether oxygens (including phenoxy) is 1. The Morgan fingerprint density at radius 1 is 1.19 bits per heavy atom. The van der Waals surface area contributed by atoms with Crippen molar-refractivity contribution in [3.63, 3.8) is 0 Å². The Morgan fingerprint density at radius 2 is 1.95 bits per heavy atom. The Kier molecular flexibility index (Phi) is 5.49. The number of anilines is 1. The number of hydrogen-bond acceptors (Lipinski definition) is 4. The Morgan fingerprint density at radius 3 is 2.67 bits per heavy atom. The van der Waals surface area contributed by atoms with Crippen LogP contribution in [0.3, 0.4) is 0 Å². The standard InChI is InChI=1S/C16H20FN3O/c1-3-10-21-15-11-12(2)19-16(20-15)18-9-8-13-4-6-14(17)7-5-13/h4-7,11H,3,8-10H2,1-2H3,(H,18,19,20). The second kappa shape index (κ2) is 7.57. The van der Waals surface area contributed by atoms with Crippen molar-refractivity contribution in [1.29, 1.82) is 0 Å². The summed E-state index contributed by atoms with van der Waals surface area (Å²) in [6.45, 7) is 5.29. The van der Waals surface area contributed by atoms with Gasteiger partial charge in [-0.2, -0.15) is 4.98 Å². The highest BCUT2D eigenvalue weighted by atomic mass is 19.1. The maximum atomic E-state index is 12.8. The van der Waals surface area contributed by atoms with Gasteiger partial charge in [-0.25, -0.2) is 9.37 Å². The average molecular weight is 289 g/mol. The molecule has 0 bridgehead atoms. The third-order valence-electron chi connectivity index (χ3n) is 2.89. The van der Waals surface area contributed by atoms with E-state index >= 15 is 0 Å². The molecule has 112 valence electrons. The molecule has 0 aliphatic rings. The van der Waals surface area contributed by atoms with Crippen LogP contribution in [0.4, 0.5) is 10.3 Å². The lowest BCUT2D eigenvalue weighted by Crippen LogP contribution is -2.09. The number of rotatable bonds is 7. The molecular weight excluding hydrogens is 269 g/mol. The van der Waals surface area contributed by atoms with Crippen molar-refractivity contribution < 1.29 is 9.13 Å². The number of nitrogens with one attached hydrogen (secondary N) is 1. The molecule has 1 N–H and O–H groups in total. The number of aromatic nitrogens is 2. The Balaban J connectivity index is 1.90. The fourth-order valence-electron chi connectivity index (χ4n) is 1.87. The summed E-state index contributed by atoms with van der Waals surface area (Å²) >= 11 is 0. The van der Waals surface area contributed by atoms with Crippen molar-refractivity contribution in [1.82, 2.24) is 9.97 Å². The summed E-state index contributed by atoms with van der Waals surface area (Å²) in [6, 6.07) is 8.32. The zero-order valence-electron chi connectivity index (χ0n) is 12.4. The molecule has 1 heterocycles. The predicted molar refractivity (Wildman–Crippen MR) is 81.1 cm³/mol. The maximum Gasteiger partial charge on any atom is 0.226 e. The molecular formula is C16H20FN3O. The van der Waals surface area contributed by atoms with Crippen molar-refractivity contribution in [3.8, 4) is 5.88 Å². The van der Waals surface area contributed by atoms with Gasteiger partial charge >= 0.3 is 0 Å². The molecule has 2 rings (SSSR count). The van der Waals surface area contributed by atoms with Crippen LogP contribution in [-0.2, 0) is 6.42 Å². The third kappa shape index (κ3) is 5.02. The van der Waals surface area contributed by atoms with Crippen molar-refractivity contribution in [2.45, 2.75) is 26.7 Å². The summed E-state index contributed by atoms with van der Waals surface area (Å²) in [5.41, 5.74) is 1.93. The van der Waals surface area contributed by atoms with E-state index in [-0.39, 0.29) is 5.82 Å². The minimum absolute atomic E-state index is 0.216. The Labute approximate surface area is 124 Å². The summed E-state index contributed by atoms with van der Waals surface area (Å²) < 4.78 is 18.3. The molecule has 1 aromatic carbocycles. The van der Waals surface area contributed by atoms with Gasteiger partial charge in [0.15, 0.2) is 0 Å². The Bertz CT molecular complexity index is 572. The molecule has 0 unspecified atom stereocenters. The Hall–Kier alpha value is -2.17. The van der Waals surface area contributed by atoms with E-state index < -0.39 is 0 Å². The highest BCUT2D eigenvalue weighted by molar-refractivity contribution is 5.31. The highest BCUT2D eigenvalue weighted by Crippen LogP contribution is 2.12. The largest absolute Gasteiger partial charge is 0.478 e. The molecule has 0 amide bonds. The van der Waals surface area contributed by atoms with Crippen LogP contribution in [0.5, 0.6) is 5.88 Å². The normalized spacial score (nSPS) is 10.4. The first-order valence-corrected chi connectivity index (χ1v) is 7.14. The molecule has 21 heavy (non-hydrogen) atoms. The first kappa shape index (κ1) is 15.2. The van der Waals surface area contributed by atoms with Crippen molar-refractivity contribution in [3.05, 3.63) is 47.4 Å². The molecule has 4 nitrogen and oxygen atoms in total. The van der Waals surface area contributed by atoms with E-state index in [9.17, 15) is 4.39 Å². The van der Waals surface area contributed by atoms with Crippen LogP contribution in [0.25, 0.3) is 0 Å². The number of hydrogen-bond donors (Lipinski definition) is 1. The van der Waals surface area contributed by atoms with E-state index in [1.54, 1.807) is 12.1 Å². The monoisotopic (exact) mass is 289 g/mol. The maximum absolute atomic E-state index is 12.8. The van der Waals surface area contributed by atoms with Gasteiger partial charge in [0, 0.05) is 18.3 Å². The second-order valence-corrected chi connectivity index (χ2v) is 4.82. The number of halogens is 1. The van der Waals surface area contributed by atoms with Gasteiger partial charge in [0.25, 0.3) is 0 Å². The number of aryl methyl sites for hydroxylation is 1.